The van der Waals surface area contributed by atoms with E-state index < -0.39 is 0 Å². The highest BCUT2D eigenvalue weighted by atomic mass is 35.5. The van der Waals surface area contributed by atoms with Crippen molar-refractivity contribution >= 4 is 28.3 Å². The number of benzene rings is 3. The molecule has 0 atom stereocenters. The van der Waals surface area contributed by atoms with Crippen LogP contribution in [0.1, 0.15) is 32.8 Å². The molecule has 176 valence electrons. The average molecular weight is 473 g/mol. The third kappa shape index (κ3) is 5.82. The number of carbonyl (C=O) groups is 1. The lowest BCUT2D eigenvalue weighted by Crippen LogP contribution is -2.11. The molecule has 0 aliphatic rings. The Morgan fingerprint density at radius 1 is 0.818 bits per heavy atom. The fourth-order valence-electron chi connectivity index (χ4n) is 3.40. The lowest BCUT2D eigenvalue weighted by molar-refractivity contribution is -0.134. The molecule has 7 heteroatoms. The van der Waals surface area contributed by atoms with Crippen molar-refractivity contribution in [2.45, 2.75) is 33.6 Å². The highest BCUT2D eigenvalue weighted by molar-refractivity contribution is 6.31. The van der Waals surface area contributed by atoms with Crippen molar-refractivity contribution in [3.8, 4) is 28.7 Å². The number of hydrogen-bond donors (Lipinski definition) is 0. The number of hydrogen-bond acceptors (Lipinski definition) is 6. The zero-order valence-electron chi connectivity index (χ0n) is 19.4. The molecule has 0 aliphatic carbocycles. The van der Waals surface area contributed by atoms with Crippen LogP contribution < -0.4 is 23.7 Å². The van der Waals surface area contributed by atoms with Crippen LogP contribution in [0, 0.1) is 0 Å². The molecule has 3 aromatic carbocycles. The van der Waals surface area contributed by atoms with Gasteiger partial charge in [-0.15, -0.1) is 0 Å². The molecule has 0 aliphatic heterocycles. The third-order valence-corrected chi connectivity index (χ3v) is 5.20. The van der Waals surface area contributed by atoms with Crippen LogP contribution in [0.25, 0.3) is 10.8 Å². The average Bonchev–Trinajstić information content (AvgIpc) is 2.83. The molecule has 0 aromatic heterocycles. The fraction of sp³-hybridized carbons (Fsp3) is 0.346. The van der Waals surface area contributed by atoms with E-state index in [0.717, 1.165) is 11.3 Å². The highest BCUT2D eigenvalue weighted by Gasteiger charge is 2.26. The van der Waals surface area contributed by atoms with E-state index in [9.17, 15) is 4.79 Å². The van der Waals surface area contributed by atoms with Gasteiger partial charge in [-0.2, -0.15) is 0 Å². The Bertz CT molecular complexity index is 1090. The summed E-state index contributed by atoms with van der Waals surface area (Å²) in [7, 11) is 1.64. The Kier molecular flexibility index (Phi) is 8.66. The fourth-order valence-corrected chi connectivity index (χ4v) is 3.57. The van der Waals surface area contributed by atoms with Crippen molar-refractivity contribution in [1.29, 1.82) is 0 Å². The van der Waals surface area contributed by atoms with Gasteiger partial charge in [0.15, 0.2) is 11.5 Å². The molecule has 3 rings (SSSR count). The van der Waals surface area contributed by atoms with Gasteiger partial charge in [0.2, 0.25) is 11.5 Å². The van der Waals surface area contributed by atoms with Gasteiger partial charge in [0, 0.05) is 28.6 Å². The van der Waals surface area contributed by atoms with Crippen LogP contribution in [0.3, 0.4) is 0 Å². The summed E-state index contributed by atoms with van der Waals surface area (Å²) in [5, 5.41) is 1.87. The SMILES string of the molecule is CCOc1c(OCC)c(OC(=O)CC)c2ccc(Cl)cc2c1OCCc1ccc(OC)cc1. The van der Waals surface area contributed by atoms with Crippen LogP contribution in [0.15, 0.2) is 42.5 Å². The largest absolute Gasteiger partial charge is 0.497 e. The van der Waals surface area contributed by atoms with E-state index >= 15 is 0 Å². The summed E-state index contributed by atoms with van der Waals surface area (Å²) >= 11 is 6.32. The number of methoxy groups -OCH3 is 1. The van der Waals surface area contributed by atoms with Crippen molar-refractivity contribution in [2.24, 2.45) is 0 Å². The predicted octanol–water partition coefficient (Wildman–Crippen LogP) is 6.24. The minimum absolute atomic E-state index is 0.227. The lowest BCUT2D eigenvalue weighted by Gasteiger charge is -2.21. The first-order chi connectivity index (χ1) is 16.0. The summed E-state index contributed by atoms with van der Waals surface area (Å²) in [5.41, 5.74) is 1.11. The molecule has 0 heterocycles. The van der Waals surface area contributed by atoms with E-state index in [-0.39, 0.29) is 12.4 Å². The molecule has 0 amide bonds. The Hall–Kier alpha value is -3.12. The molecule has 0 unspecified atom stereocenters. The standard InChI is InChI=1S/C26H29ClO6/c1-5-22(28)33-24-20-13-10-18(27)16-21(20)23(25(30-6-2)26(24)31-7-3)32-15-14-17-8-11-19(29-4)12-9-17/h8-13,16H,5-7,14-15H2,1-4H3. The topological polar surface area (TPSA) is 63.2 Å². The normalized spacial score (nSPS) is 10.7. The summed E-state index contributed by atoms with van der Waals surface area (Å²) in [4.78, 5) is 12.2. The molecular weight excluding hydrogens is 444 g/mol. The van der Waals surface area contributed by atoms with E-state index in [1.54, 1.807) is 32.2 Å². The van der Waals surface area contributed by atoms with Crippen LogP contribution >= 0.6 is 11.6 Å². The molecule has 0 bridgehead atoms. The zero-order chi connectivity index (χ0) is 23.8. The maximum absolute atomic E-state index is 12.2. The molecular formula is C26H29ClO6. The highest BCUT2D eigenvalue weighted by Crippen LogP contribution is 2.52. The molecule has 3 aromatic rings. The van der Waals surface area contributed by atoms with Gasteiger partial charge >= 0.3 is 5.97 Å². The molecule has 6 nitrogen and oxygen atoms in total. The van der Waals surface area contributed by atoms with Crippen molar-refractivity contribution < 1.29 is 28.5 Å². The van der Waals surface area contributed by atoms with E-state index in [2.05, 4.69) is 0 Å². The van der Waals surface area contributed by atoms with Crippen molar-refractivity contribution in [2.75, 3.05) is 26.9 Å². The van der Waals surface area contributed by atoms with Crippen LogP contribution in [0.4, 0.5) is 0 Å². The van der Waals surface area contributed by atoms with Gasteiger partial charge in [-0.1, -0.05) is 30.7 Å². The summed E-state index contributed by atoms with van der Waals surface area (Å²) in [6, 6.07) is 13.1. The lowest BCUT2D eigenvalue weighted by atomic mass is 10.1. The monoisotopic (exact) mass is 472 g/mol. The first kappa shape index (κ1) is 24.5. The second-order valence-electron chi connectivity index (χ2n) is 7.15. The summed E-state index contributed by atoms with van der Waals surface area (Å²) in [6.07, 6.45) is 0.902. The first-order valence-corrected chi connectivity index (χ1v) is 11.4. The first-order valence-electron chi connectivity index (χ1n) is 11.0. The minimum Gasteiger partial charge on any atom is -0.497 e. The van der Waals surface area contributed by atoms with Crippen LogP contribution in [-0.4, -0.2) is 32.9 Å². The van der Waals surface area contributed by atoms with Gasteiger partial charge in [0.25, 0.3) is 0 Å². The van der Waals surface area contributed by atoms with Crippen molar-refractivity contribution in [3.05, 3.63) is 53.1 Å². The Balaban J connectivity index is 2.06. The second kappa shape index (κ2) is 11.7. The third-order valence-electron chi connectivity index (χ3n) is 4.97. The molecule has 33 heavy (non-hydrogen) atoms. The number of halogens is 1. The van der Waals surface area contributed by atoms with Crippen LogP contribution in [0.5, 0.6) is 28.7 Å². The van der Waals surface area contributed by atoms with E-state index in [1.165, 1.54) is 0 Å². The minimum atomic E-state index is -0.372. The Morgan fingerprint density at radius 3 is 2.09 bits per heavy atom. The maximum Gasteiger partial charge on any atom is 0.311 e. The van der Waals surface area contributed by atoms with Gasteiger partial charge in [-0.3, -0.25) is 4.79 Å². The van der Waals surface area contributed by atoms with Crippen LogP contribution in [-0.2, 0) is 11.2 Å². The maximum atomic E-state index is 12.2. The molecule has 0 fully saturated rings. The number of fused-ring (bicyclic) bond motifs is 1. The summed E-state index contributed by atoms with van der Waals surface area (Å²) in [5.74, 6) is 1.97. The number of esters is 1. The second-order valence-corrected chi connectivity index (χ2v) is 7.58. The van der Waals surface area contributed by atoms with Crippen LogP contribution in [0.2, 0.25) is 5.02 Å². The quantitative estimate of drug-likeness (QED) is 0.243. The molecule has 0 radical (unpaired) electrons. The smallest absolute Gasteiger partial charge is 0.311 e. The zero-order valence-corrected chi connectivity index (χ0v) is 20.2. The van der Waals surface area contributed by atoms with Gasteiger partial charge in [0.1, 0.15) is 5.75 Å². The molecule has 0 spiro atoms. The van der Waals surface area contributed by atoms with Gasteiger partial charge < -0.3 is 23.7 Å². The summed E-state index contributed by atoms with van der Waals surface area (Å²) in [6.45, 7) is 6.60. The number of ether oxygens (including phenoxy) is 5. The van der Waals surface area contributed by atoms with Gasteiger partial charge in [-0.25, -0.2) is 0 Å². The number of carbonyl (C=O) groups excluding carboxylic acids is 1. The molecule has 0 saturated carbocycles. The van der Waals surface area contributed by atoms with Gasteiger partial charge in [-0.05, 0) is 49.7 Å². The number of rotatable bonds is 11. The molecule has 0 N–H and O–H groups in total. The summed E-state index contributed by atoms with van der Waals surface area (Å²) < 4.78 is 29.0. The van der Waals surface area contributed by atoms with Crippen molar-refractivity contribution in [3.63, 3.8) is 0 Å². The van der Waals surface area contributed by atoms with E-state index in [0.29, 0.717) is 65.0 Å². The predicted molar refractivity (Wildman–Crippen MR) is 129 cm³/mol. The van der Waals surface area contributed by atoms with E-state index in [1.807, 2.05) is 38.1 Å². The Morgan fingerprint density at radius 2 is 1.48 bits per heavy atom. The molecule has 0 saturated heterocycles. The van der Waals surface area contributed by atoms with Gasteiger partial charge in [0.05, 0.1) is 26.9 Å². The Labute approximate surface area is 199 Å². The van der Waals surface area contributed by atoms with E-state index in [4.69, 9.17) is 35.3 Å². The van der Waals surface area contributed by atoms with Crippen molar-refractivity contribution in [1.82, 2.24) is 0 Å².